The monoisotopic (exact) mass is 313 g/mol. The Balaban J connectivity index is 1.59. The van der Waals surface area contributed by atoms with Crippen molar-refractivity contribution in [2.24, 2.45) is 0 Å². The molecule has 6 nitrogen and oxygen atoms in total. The molecular formula is C17H19N3O3. The SMILES string of the molecule is N#Cc1cccc(OCCN2C(=O)NC3(CCCCC3)C2=O)c1. The Hall–Kier alpha value is -2.55. The molecule has 120 valence electrons. The lowest BCUT2D eigenvalue weighted by molar-refractivity contribution is -0.132. The van der Waals surface area contributed by atoms with Gasteiger partial charge in [-0.25, -0.2) is 4.79 Å². The highest BCUT2D eigenvalue weighted by molar-refractivity contribution is 6.07. The molecule has 1 saturated heterocycles. The topological polar surface area (TPSA) is 82.4 Å². The number of nitriles is 1. The van der Waals surface area contributed by atoms with E-state index in [0.29, 0.717) is 11.3 Å². The molecule has 0 unspecified atom stereocenters. The van der Waals surface area contributed by atoms with Gasteiger partial charge >= 0.3 is 6.03 Å². The summed E-state index contributed by atoms with van der Waals surface area (Å²) < 4.78 is 5.56. The number of urea groups is 1. The molecule has 1 spiro atoms. The predicted octanol–water partition coefficient (Wildman–Crippen LogP) is 2.19. The van der Waals surface area contributed by atoms with E-state index in [0.717, 1.165) is 32.1 Å². The summed E-state index contributed by atoms with van der Waals surface area (Å²) in [4.78, 5) is 25.9. The Morgan fingerprint density at radius 3 is 2.78 bits per heavy atom. The standard InChI is InChI=1S/C17H19N3O3/c18-12-13-5-4-6-14(11-13)23-10-9-20-15(21)17(19-16(20)22)7-2-1-3-8-17/h4-6,11H,1-3,7-10H2,(H,19,22). The minimum Gasteiger partial charge on any atom is -0.492 e. The van der Waals surface area contributed by atoms with E-state index in [1.807, 2.05) is 6.07 Å². The molecule has 0 radical (unpaired) electrons. The Morgan fingerprint density at radius 2 is 2.04 bits per heavy atom. The Bertz CT molecular complexity index is 659. The van der Waals surface area contributed by atoms with E-state index in [4.69, 9.17) is 10.00 Å². The van der Waals surface area contributed by atoms with E-state index >= 15 is 0 Å². The molecule has 0 bridgehead atoms. The van der Waals surface area contributed by atoms with Gasteiger partial charge in [0.25, 0.3) is 5.91 Å². The summed E-state index contributed by atoms with van der Waals surface area (Å²) in [5.41, 5.74) is -0.172. The Labute approximate surface area is 135 Å². The van der Waals surface area contributed by atoms with Crippen LogP contribution >= 0.6 is 0 Å². The van der Waals surface area contributed by atoms with Crippen LogP contribution in [0.4, 0.5) is 4.79 Å². The maximum absolute atomic E-state index is 12.6. The van der Waals surface area contributed by atoms with Crippen LogP contribution in [0.15, 0.2) is 24.3 Å². The van der Waals surface area contributed by atoms with E-state index in [1.165, 1.54) is 4.90 Å². The summed E-state index contributed by atoms with van der Waals surface area (Å²) in [6.07, 6.45) is 4.50. The zero-order valence-corrected chi connectivity index (χ0v) is 12.9. The third-order valence-corrected chi connectivity index (χ3v) is 4.50. The molecule has 1 aromatic carbocycles. The van der Waals surface area contributed by atoms with Crippen LogP contribution < -0.4 is 10.1 Å². The summed E-state index contributed by atoms with van der Waals surface area (Å²) >= 11 is 0. The number of amides is 3. The fourth-order valence-electron chi connectivity index (χ4n) is 3.28. The number of benzene rings is 1. The van der Waals surface area contributed by atoms with Gasteiger partial charge in [-0.15, -0.1) is 0 Å². The number of carbonyl (C=O) groups is 2. The molecular weight excluding hydrogens is 294 g/mol. The Morgan fingerprint density at radius 1 is 1.26 bits per heavy atom. The largest absolute Gasteiger partial charge is 0.492 e. The van der Waals surface area contributed by atoms with Gasteiger partial charge in [0.15, 0.2) is 0 Å². The highest BCUT2D eigenvalue weighted by Crippen LogP contribution is 2.33. The second-order valence-electron chi connectivity index (χ2n) is 6.02. The normalized spacial score (nSPS) is 19.5. The first-order valence-electron chi connectivity index (χ1n) is 7.92. The van der Waals surface area contributed by atoms with Crippen LogP contribution in [0.1, 0.15) is 37.7 Å². The number of imide groups is 1. The van der Waals surface area contributed by atoms with Gasteiger partial charge in [0.05, 0.1) is 18.2 Å². The summed E-state index contributed by atoms with van der Waals surface area (Å²) in [6.45, 7) is 0.424. The smallest absolute Gasteiger partial charge is 0.325 e. The van der Waals surface area contributed by atoms with Crippen molar-refractivity contribution in [3.05, 3.63) is 29.8 Å². The summed E-state index contributed by atoms with van der Waals surface area (Å²) in [5, 5.41) is 11.7. The summed E-state index contributed by atoms with van der Waals surface area (Å²) in [6, 6.07) is 8.52. The fourth-order valence-corrected chi connectivity index (χ4v) is 3.28. The molecule has 6 heteroatoms. The van der Waals surface area contributed by atoms with Crippen LogP contribution in [0.2, 0.25) is 0 Å². The van der Waals surface area contributed by atoms with Crippen molar-refractivity contribution in [3.63, 3.8) is 0 Å². The van der Waals surface area contributed by atoms with Gasteiger partial charge in [-0.05, 0) is 31.0 Å². The number of nitrogens with one attached hydrogen (secondary N) is 1. The molecule has 1 heterocycles. The van der Waals surface area contributed by atoms with E-state index in [-0.39, 0.29) is 25.1 Å². The van der Waals surface area contributed by atoms with Crippen molar-refractivity contribution in [2.75, 3.05) is 13.2 Å². The number of rotatable bonds is 4. The predicted molar refractivity (Wildman–Crippen MR) is 82.7 cm³/mol. The van der Waals surface area contributed by atoms with E-state index in [1.54, 1.807) is 24.3 Å². The van der Waals surface area contributed by atoms with Crippen molar-refractivity contribution in [1.29, 1.82) is 5.26 Å². The molecule has 0 aromatic heterocycles. The van der Waals surface area contributed by atoms with Gasteiger partial charge in [-0.1, -0.05) is 25.3 Å². The zero-order chi connectivity index (χ0) is 16.3. The molecule has 1 aromatic rings. The molecule has 2 aliphatic rings. The molecule has 2 fully saturated rings. The average molecular weight is 313 g/mol. The number of hydrogen-bond acceptors (Lipinski definition) is 4. The van der Waals surface area contributed by atoms with Crippen LogP contribution in [0.5, 0.6) is 5.75 Å². The van der Waals surface area contributed by atoms with Crippen LogP contribution in [0.25, 0.3) is 0 Å². The Kier molecular flexibility index (Phi) is 4.20. The number of nitrogens with zero attached hydrogens (tertiary/aromatic N) is 2. The van der Waals surface area contributed by atoms with E-state index in [9.17, 15) is 9.59 Å². The molecule has 1 saturated carbocycles. The molecule has 1 N–H and O–H groups in total. The zero-order valence-electron chi connectivity index (χ0n) is 12.9. The van der Waals surface area contributed by atoms with Crippen molar-refractivity contribution < 1.29 is 14.3 Å². The maximum Gasteiger partial charge on any atom is 0.325 e. The van der Waals surface area contributed by atoms with Gasteiger partial charge in [-0.3, -0.25) is 9.69 Å². The minimum absolute atomic E-state index is 0.128. The van der Waals surface area contributed by atoms with E-state index < -0.39 is 5.54 Å². The number of hydrogen-bond donors (Lipinski definition) is 1. The highest BCUT2D eigenvalue weighted by atomic mass is 16.5. The molecule has 3 amide bonds. The number of ether oxygens (including phenoxy) is 1. The van der Waals surface area contributed by atoms with E-state index in [2.05, 4.69) is 5.32 Å². The van der Waals surface area contributed by atoms with Crippen LogP contribution in [-0.4, -0.2) is 35.5 Å². The molecule has 1 aliphatic heterocycles. The van der Waals surface area contributed by atoms with Crippen molar-refractivity contribution in [1.82, 2.24) is 10.2 Å². The molecule has 3 rings (SSSR count). The van der Waals surface area contributed by atoms with Crippen LogP contribution in [0, 0.1) is 11.3 Å². The molecule has 23 heavy (non-hydrogen) atoms. The second kappa shape index (κ2) is 6.29. The first-order chi connectivity index (χ1) is 11.1. The molecule has 0 atom stereocenters. The highest BCUT2D eigenvalue weighted by Gasteiger charge is 2.50. The van der Waals surface area contributed by atoms with Gasteiger partial charge in [0.1, 0.15) is 17.9 Å². The van der Waals surface area contributed by atoms with Gasteiger partial charge < -0.3 is 10.1 Å². The lowest BCUT2D eigenvalue weighted by Crippen LogP contribution is -2.48. The quantitative estimate of drug-likeness (QED) is 0.864. The van der Waals surface area contributed by atoms with Crippen molar-refractivity contribution in [3.8, 4) is 11.8 Å². The fraction of sp³-hybridized carbons (Fsp3) is 0.471. The van der Waals surface area contributed by atoms with Gasteiger partial charge in [0.2, 0.25) is 0 Å². The van der Waals surface area contributed by atoms with Crippen LogP contribution in [0.3, 0.4) is 0 Å². The van der Waals surface area contributed by atoms with Gasteiger partial charge in [0, 0.05) is 0 Å². The minimum atomic E-state index is -0.684. The first kappa shape index (κ1) is 15.3. The van der Waals surface area contributed by atoms with Crippen molar-refractivity contribution in [2.45, 2.75) is 37.6 Å². The third-order valence-electron chi connectivity index (χ3n) is 4.50. The van der Waals surface area contributed by atoms with Crippen molar-refractivity contribution >= 4 is 11.9 Å². The third kappa shape index (κ3) is 3.00. The van der Waals surface area contributed by atoms with Gasteiger partial charge in [-0.2, -0.15) is 5.26 Å². The first-order valence-corrected chi connectivity index (χ1v) is 7.92. The maximum atomic E-state index is 12.6. The lowest BCUT2D eigenvalue weighted by atomic mass is 9.82. The number of carbonyl (C=O) groups excluding carboxylic acids is 2. The second-order valence-corrected chi connectivity index (χ2v) is 6.02. The molecule has 1 aliphatic carbocycles. The summed E-state index contributed by atoms with van der Waals surface area (Å²) in [7, 11) is 0. The summed E-state index contributed by atoms with van der Waals surface area (Å²) in [5.74, 6) is 0.431. The van der Waals surface area contributed by atoms with Crippen LogP contribution in [-0.2, 0) is 4.79 Å². The average Bonchev–Trinajstić information content (AvgIpc) is 2.80. The lowest BCUT2D eigenvalue weighted by Gasteiger charge is -2.30.